The lowest BCUT2D eigenvalue weighted by Gasteiger charge is -2.18. The van der Waals surface area contributed by atoms with Gasteiger partial charge in [-0.25, -0.2) is 0 Å². The molecule has 0 amide bonds. The quantitative estimate of drug-likeness (QED) is 0.430. The van der Waals surface area contributed by atoms with Crippen LogP contribution in [0, 0.1) is 0 Å². The van der Waals surface area contributed by atoms with E-state index in [0.717, 1.165) is 38.6 Å². The van der Waals surface area contributed by atoms with E-state index in [4.69, 9.17) is 0 Å². The number of hydrogen-bond donors (Lipinski definition) is 1. The topological polar surface area (TPSA) is 21.3 Å². The van der Waals surface area contributed by atoms with Crippen LogP contribution in [0.4, 0.5) is 13.2 Å². The van der Waals surface area contributed by atoms with Gasteiger partial charge in [-0.2, -0.15) is 13.2 Å². The van der Waals surface area contributed by atoms with Crippen molar-refractivity contribution in [3.63, 3.8) is 0 Å². The van der Waals surface area contributed by atoms with Crippen LogP contribution in [0.3, 0.4) is 0 Å². The van der Waals surface area contributed by atoms with Crippen LogP contribution in [-0.4, -0.2) is 32.0 Å². The van der Waals surface area contributed by atoms with E-state index in [-0.39, 0.29) is 12.6 Å². The van der Waals surface area contributed by atoms with Crippen LogP contribution >= 0.6 is 0 Å². The number of rotatable bonds is 12. The predicted molar refractivity (Wildman–Crippen MR) is 72.2 cm³/mol. The molecule has 1 atom stereocenters. The molecule has 0 fully saturated rings. The van der Waals surface area contributed by atoms with Crippen LogP contribution in [0.15, 0.2) is 12.7 Å². The lowest BCUT2D eigenvalue weighted by atomic mass is 10.0. The lowest BCUT2D eigenvalue weighted by Crippen LogP contribution is -2.30. The molecule has 2 nitrogen and oxygen atoms in total. The fourth-order valence-corrected chi connectivity index (χ4v) is 1.91. The molecule has 0 heterocycles. The molecular formula is C14H26F3NO. The van der Waals surface area contributed by atoms with Gasteiger partial charge in [0.15, 0.2) is 0 Å². The van der Waals surface area contributed by atoms with Crippen LogP contribution in [0.25, 0.3) is 0 Å². The molecule has 0 bridgehead atoms. The van der Waals surface area contributed by atoms with Crippen molar-refractivity contribution in [3.05, 3.63) is 12.7 Å². The molecule has 1 unspecified atom stereocenters. The highest BCUT2D eigenvalue weighted by molar-refractivity contribution is 4.68. The molecule has 0 saturated heterocycles. The molecule has 0 rings (SSSR count). The molecule has 0 aliphatic heterocycles. The molecule has 0 radical (unpaired) electrons. The number of allylic oxidation sites excluding steroid dienone is 1. The second-order valence-electron chi connectivity index (χ2n) is 4.64. The molecule has 1 N–H and O–H groups in total. The molecule has 0 aliphatic rings. The summed E-state index contributed by atoms with van der Waals surface area (Å²) < 4.78 is 40.3. The van der Waals surface area contributed by atoms with Gasteiger partial charge >= 0.3 is 6.18 Å². The van der Waals surface area contributed by atoms with Crippen molar-refractivity contribution in [2.24, 2.45) is 0 Å². The second-order valence-corrected chi connectivity index (χ2v) is 4.64. The van der Waals surface area contributed by atoms with E-state index in [9.17, 15) is 13.2 Å². The summed E-state index contributed by atoms with van der Waals surface area (Å²) >= 11 is 0. The predicted octanol–water partition coefficient (Wildman–Crippen LogP) is 4.07. The first-order valence-electron chi connectivity index (χ1n) is 6.98. The van der Waals surface area contributed by atoms with Crippen molar-refractivity contribution in [2.75, 3.05) is 19.8 Å². The Morgan fingerprint density at radius 1 is 1.21 bits per heavy atom. The van der Waals surface area contributed by atoms with E-state index >= 15 is 0 Å². The maximum absolute atomic E-state index is 11.9. The van der Waals surface area contributed by atoms with Gasteiger partial charge < -0.3 is 10.1 Å². The molecule has 114 valence electrons. The molecule has 0 aromatic heterocycles. The number of unbranched alkanes of at least 4 members (excludes halogenated alkanes) is 3. The molecule has 0 spiro atoms. The van der Waals surface area contributed by atoms with E-state index in [1.54, 1.807) is 0 Å². The molecule has 0 saturated carbocycles. The summed E-state index contributed by atoms with van der Waals surface area (Å²) in [5, 5.41) is 3.29. The normalized spacial score (nSPS) is 13.5. The number of nitrogens with one attached hydrogen (secondary N) is 1. The number of halogens is 3. The van der Waals surface area contributed by atoms with E-state index in [0.29, 0.717) is 6.42 Å². The number of ether oxygens (including phenoxy) is 1. The van der Waals surface area contributed by atoms with Crippen molar-refractivity contribution in [1.29, 1.82) is 0 Å². The average molecular weight is 281 g/mol. The Kier molecular flexibility index (Phi) is 11.0. The van der Waals surface area contributed by atoms with Gasteiger partial charge in [0.05, 0.1) is 0 Å². The van der Waals surface area contributed by atoms with Crippen molar-refractivity contribution >= 4 is 0 Å². The summed E-state index contributed by atoms with van der Waals surface area (Å²) in [5.41, 5.74) is 0. The third kappa shape index (κ3) is 13.7. The summed E-state index contributed by atoms with van der Waals surface area (Å²) in [7, 11) is 0. The summed E-state index contributed by atoms with van der Waals surface area (Å²) in [6.07, 6.45) is 3.69. The Morgan fingerprint density at radius 2 is 1.95 bits per heavy atom. The first-order valence-corrected chi connectivity index (χ1v) is 6.98. The van der Waals surface area contributed by atoms with E-state index < -0.39 is 12.8 Å². The molecular weight excluding hydrogens is 255 g/mol. The third-order valence-corrected chi connectivity index (χ3v) is 2.83. The number of alkyl halides is 3. The smallest absolute Gasteiger partial charge is 0.372 e. The van der Waals surface area contributed by atoms with Gasteiger partial charge in [0.2, 0.25) is 0 Å². The fraction of sp³-hybridized carbons (Fsp3) is 0.857. The summed E-state index contributed by atoms with van der Waals surface area (Å²) in [4.78, 5) is 0. The third-order valence-electron chi connectivity index (χ3n) is 2.83. The molecule has 0 aliphatic carbocycles. The fourth-order valence-electron chi connectivity index (χ4n) is 1.91. The van der Waals surface area contributed by atoms with Gasteiger partial charge in [-0.1, -0.05) is 25.8 Å². The molecule has 5 heteroatoms. The number of hydrogen-bond acceptors (Lipinski definition) is 2. The average Bonchev–Trinajstić information content (AvgIpc) is 2.33. The zero-order valence-electron chi connectivity index (χ0n) is 11.8. The monoisotopic (exact) mass is 281 g/mol. The first-order chi connectivity index (χ1) is 8.99. The standard InChI is InChI=1S/C14H26F3NO/c1-3-5-6-7-8-9-13(18-4-2)10-11-19-12-14(15,16)17/h3,13,18H,1,4-12H2,2H3. The second kappa shape index (κ2) is 11.3. The SMILES string of the molecule is C=CCCCCCC(CCOCC(F)(F)F)NCC. The van der Waals surface area contributed by atoms with Crippen molar-refractivity contribution in [1.82, 2.24) is 5.32 Å². The van der Waals surface area contributed by atoms with Gasteiger partial charge in [0.25, 0.3) is 0 Å². The van der Waals surface area contributed by atoms with Gasteiger partial charge in [-0.05, 0) is 32.2 Å². The van der Waals surface area contributed by atoms with E-state index in [2.05, 4.69) is 16.6 Å². The summed E-state index contributed by atoms with van der Waals surface area (Å²) in [6.45, 7) is 5.51. The van der Waals surface area contributed by atoms with Crippen LogP contribution in [0.1, 0.15) is 45.4 Å². The molecule has 0 aromatic rings. The highest BCUT2D eigenvalue weighted by Crippen LogP contribution is 2.15. The van der Waals surface area contributed by atoms with Crippen molar-refractivity contribution in [2.45, 2.75) is 57.7 Å². The molecule has 0 aromatic carbocycles. The molecule has 19 heavy (non-hydrogen) atoms. The first kappa shape index (κ1) is 18.4. The zero-order valence-corrected chi connectivity index (χ0v) is 11.8. The van der Waals surface area contributed by atoms with Crippen molar-refractivity contribution in [3.8, 4) is 0 Å². The maximum Gasteiger partial charge on any atom is 0.411 e. The Bertz CT molecular complexity index is 219. The maximum atomic E-state index is 11.9. The van der Waals surface area contributed by atoms with E-state index in [1.165, 1.54) is 0 Å². The zero-order chi connectivity index (χ0) is 14.6. The Labute approximate surface area is 114 Å². The minimum Gasteiger partial charge on any atom is -0.372 e. The largest absolute Gasteiger partial charge is 0.411 e. The Morgan fingerprint density at radius 3 is 2.53 bits per heavy atom. The minimum atomic E-state index is -4.22. The van der Waals surface area contributed by atoms with Crippen LogP contribution in [0.5, 0.6) is 0 Å². The highest BCUT2D eigenvalue weighted by Gasteiger charge is 2.27. The Balaban J connectivity index is 3.64. The van der Waals surface area contributed by atoms with Gasteiger partial charge in [-0.15, -0.1) is 6.58 Å². The highest BCUT2D eigenvalue weighted by atomic mass is 19.4. The van der Waals surface area contributed by atoms with Crippen molar-refractivity contribution < 1.29 is 17.9 Å². The van der Waals surface area contributed by atoms with Gasteiger partial charge in [0.1, 0.15) is 6.61 Å². The van der Waals surface area contributed by atoms with Crippen LogP contribution < -0.4 is 5.32 Å². The minimum absolute atomic E-state index is 0.157. The van der Waals surface area contributed by atoms with Gasteiger partial charge in [-0.3, -0.25) is 0 Å². The summed E-state index contributed by atoms with van der Waals surface area (Å²) in [5.74, 6) is 0. The van der Waals surface area contributed by atoms with E-state index in [1.807, 2.05) is 13.0 Å². The Hall–Kier alpha value is -0.550. The van der Waals surface area contributed by atoms with Crippen LogP contribution in [0.2, 0.25) is 0 Å². The summed E-state index contributed by atoms with van der Waals surface area (Å²) in [6, 6.07) is 0.252. The lowest BCUT2D eigenvalue weighted by molar-refractivity contribution is -0.174. The van der Waals surface area contributed by atoms with Crippen LogP contribution in [-0.2, 0) is 4.74 Å². The van der Waals surface area contributed by atoms with Gasteiger partial charge in [0, 0.05) is 12.6 Å².